The predicted molar refractivity (Wildman–Crippen MR) is 63.3 cm³/mol. The van der Waals surface area contributed by atoms with Crippen LogP contribution in [0.4, 0.5) is 4.39 Å². The Bertz CT molecular complexity index is 335. The van der Waals surface area contributed by atoms with E-state index >= 15 is 0 Å². The fourth-order valence-corrected chi connectivity index (χ4v) is 2.10. The molecule has 0 saturated heterocycles. The van der Waals surface area contributed by atoms with Crippen LogP contribution in [0.15, 0.2) is 29.2 Å². The summed E-state index contributed by atoms with van der Waals surface area (Å²) in [5.74, 6) is 0.634. The molecule has 0 amide bonds. The van der Waals surface area contributed by atoms with Crippen molar-refractivity contribution in [1.82, 2.24) is 0 Å². The first-order valence-corrected chi connectivity index (χ1v) is 6.63. The molecule has 4 heteroatoms. The van der Waals surface area contributed by atoms with Crippen molar-refractivity contribution in [2.24, 2.45) is 5.92 Å². The molecule has 0 aliphatic rings. The molecule has 1 rings (SSSR count). The van der Waals surface area contributed by atoms with Crippen molar-refractivity contribution in [1.29, 1.82) is 0 Å². The fraction of sp³-hybridized carbons (Fsp3) is 0.500. The van der Waals surface area contributed by atoms with Gasteiger partial charge in [0.1, 0.15) is 5.82 Å². The molecular weight excluding hydrogens is 227 g/mol. The smallest absolute Gasteiger partial charge is 0.123 e. The second-order valence-electron chi connectivity index (χ2n) is 3.97. The van der Waals surface area contributed by atoms with Crippen LogP contribution >= 0.6 is 0 Å². The molecular formula is C12H17FO2S. The molecule has 16 heavy (non-hydrogen) atoms. The lowest BCUT2D eigenvalue weighted by molar-refractivity contribution is 0.123. The predicted octanol–water partition coefficient (Wildman–Crippen LogP) is 2.61. The third-order valence-electron chi connectivity index (χ3n) is 1.94. The van der Waals surface area contributed by atoms with Gasteiger partial charge in [0.2, 0.25) is 0 Å². The van der Waals surface area contributed by atoms with E-state index in [4.69, 9.17) is 4.74 Å². The normalized spacial score (nSPS) is 13.0. The highest BCUT2D eigenvalue weighted by atomic mass is 32.2. The summed E-state index contributed by atoms with van der Waals surface area (Å²) in [4.78, 5) is 0.648. The van der Waals surface area contributed by atoms with E-state index in [1.807, 2.05) is 0 Å². The van der Waals surface area contributed by atoms with Crippen molar-refractivity contribution >= 4 is 10.8 Å². The zero-order valence-corrected chi connectivity index (χ0v) is 10.4. The van der Waals surface area contributed by atoms with Gasteiger partial charge in [-0.2, -0.15) is 0 Å². The first-order chi connectivity index (χ1) is 7.59. The minimum atomic E-state index is -1.10. The Kier molecular flexibility index (Phi) is 5.63. The average molecular weight is 244 g/mol. The zero-order chi connectivity index (χ0) is 12.0. The van der Waals surface area contributed by atoms with Crippen molar-refractivity contribution in [3.63, 3.8) is 0 Å². The van der Waals surface area contributed by atoms with Gasteiger partial charge < -0.3 is 4.74 Å². The number of ether oxygens (including phenoxy) is 1. The molecule has 1 unspecified atom stereocenters. The van der Waals surface area contributed by atoms with Gasteiger partial charge >= 0.3 is 0 Å². The van der Waals surface area contributed by atoms with Gasteiger partial charge in [-0.15, -0.1) is 0 Å². The number of halogens is 1. The Morgan fingerprint density at radius 3 is 2.50 bits per heavy atom. The highest BCUT2D eigenvalue weighted by Crippen LogP contribution is 2.08. The molecule has 0 N–H and O–H groups in total. The second kappa shape index (κ2) is 6.76. The maximum Gasteiger partial charge on any atom is 0.123 e. The van der Waals surface area contributed by atoms with Crippen LogP contribution in [0.25, 0.3) is 0 Å². The van der Waals surface area contributed by atoms with Gasteiger partial charge in [-0.25, -0.2) is 4.39 Å². The van der Waals surface area contributed by atoms with Gasteiger partial charge in [0.15, 0.2) is 0 Å². The standard InChI is InChI=1S/C12H17FO2S/c1-10(2)9-15-7-8-16(14)12-5-3-11(13)4-6-12/h3-6,10H,7-9H2,1-2H3. The Hall–Kier alpha value is -0.740. The first-order valence-electron chi connectivity index (χ1n) is 5.31. The molecule has 1 aromatic rings. The molecule has 0 bridgehead atoms. The summed E-state index contributed by atoms with van der Waals surface area (Å²) in [6.45, 7) is 5.29. The molecule has 0 aromatic heterocycles. The lowest BCUT2D eigenvalue weighted by Gasteiger charge is -2.06. The van der Waals surface area contributed by atoms with Gasteiger partial charge in [0.25, 0.3) is 0 Å². The molecule has 90 valence electrons. The highest BCUT2D eigenvalue weighted by Gasteiger charge is 2.04. The van der Waals surface area contributed by atoms with Gasteiger partial charge in [0.05, 0.1) is 23.2 Å². The van der Waals surface area contributed by atoms with Gasteiger partial charge in [-0.05, 0) is 30.2 Å². The molecule has 0 aliphatic heterocycles. The van der Waals surface area contributed by atoms with Crippen LogP contribution in [-0.4, -0.2) is 23.2 Å². The number of hydrogen-bond acceptors (Lipinski definition) is 2. The summed E-state index contributed by atoms with van der Waals surface area (Å²) < 4.78 is 29.7. The minimum Gasteiger partial charge on any atom is -0.380 e. The monoisotopic (exact) mass is 244 g/mol. The Balaban J connectivity index is 2.32. The van der Waals surface area contributed by atoms with Crippen molar-refractivity contribution in [2.75, 3.05) is 19.0 Å². The zero-order valence-electron chi connectivity index (χ0n) is 9.61. The van der Waals surface area contributed by atoms with Crippen molar-refractivity contribution < 1.29 is 13.3 Å². The topological polar surface area (TPSA) is 26.3 Å². The van der Waals surface area contributed by atoms with Crippen LogP contribution in [-0.2, 0) is 15.5 Å². The van der Waals surface area contributed by atoms with E-state index in [1.165, 1.54) is 12.1 Å². The number of hydrogen-bond donors (Lipinski definition) is 0. The van der Waals surface area contributed by atoms with Crippen LogP contribution in [0.3, 0.4) is 0 Å². The van der Waals surface area contributed by atoms with E-state index in [-0.39, 0.29) is 5.82 Å². The van der Waals surface area contributed by atoms with Crippen molar-refractivity contribution in [2.45, 2.75) is 18.7 Å². The van der Waals surface area contributed by atoms with Gasteiger partial charge in [-0.3, -0.25) is 4.21 Å². The molecule has 1 aromatic carbocycles. The highest BCUT2D eigenvalue weighted by molar-refractivity contribution is 7.85. The molecule has 0 aliphatic carbocycles. The van der Waals surface area contributed by atoms with E-state index in [0.29, 0.717) is 29.8 Å². The third-order valence-corrected chi connectivity index (χ3v) is 3.28. The fourth-order valence-electron chi connectivity index (χ4n) is 1.16. The van der Waals surface area contributed by atoms with E-state index < -0.39 is 10.8 Å². The molecule has 2 nitrogen and oxygen atoms in total. The maximum atomic E-state index is 12.6. The first kappa shape index (κ1) is 13.3. The maximum absolute atomic E-state index is 12.6. The number of rotatable bonds is 6. The number of benzene rings is 1. The van der Waals surface area contributed by atoms with Crippen LogP contribution in [0.1, 0.15) is 13.8 Å². The molecule has 0 radical (unpaired) electrons. The quantitative estimate of drug-likeness (QED) is 0.719. The van der Waals surface area contributed by atoms with Gasteiger partial charge in [0, 0.05) is 11.5 Å². The van der Waals surface area contributed by atoms with Crippen LogP contribution in [0.2, 0.25) is 0 Å². The summed E-state index contributed by atoms with van der Waals surface area (Å²) in [6, 6.07) is 5.74. The lowest BCUT2D eigenvalue weighted by atomic mass is 10.2. The summed E-state index contributed by atoms with van der Waals surface area (Å²) in [5, 5.41) is 0. The summed E-state index contributed by atoms with van der Waals surface area (Å²) >= 11 is 0. The Labute approximate surface area is 98.3 Å². The molecule has 0 spiro atoms. The molecule has 0 heterocycles. The summed E-state index contributed by atoms with van der Waals surface area (Å²) in [5.41, 5.74) is 0. The van der Waals surface area contributed by atoms with E-state index in [1.54, 1.807) is 12.1 Å². The van der Waals surface area contributed by atoms with Crippen LogP contribution in [0, 0.1) is 11.7 Å². The van der Waals surface area contributed by atoms with Crippen LogP contribution in [0.5, 0.6) is 0 Å². The average Bonchev–Trinajstić information content (AvgIpc) is 2.25. The largest absolute Gasteiger partial charge is 0.380 e. The van der Waals surface area contributed by atoms with Crippen LogP contribution < -0.4 is 0 Å². The van der Waals surface area contributed by atoms with E-state index in [0.717, 1.165) is 0 Å². The summed E-state index contributed by atoms with van der Waals surface area (Å²) in [6.07, 6.45) is 0. The Morgan fingerprint density at radius 1 is 1.31 bits per heavy atom. The van der Waals surface area contributed by atoms with E-state index in [9.17, 15) is 8.60 Å². The summed E-state index contributed by atoms with van der Waals surface area (Å²) in [7, 11) is -1.10. The van der Waals surface area contributed by atoms with E-state index in [2.05, 4.69) is 13.8 Å². The molecule has 0 saturated carbocycles. The van der Waals surface area contributed by atoms with Crippen molar-refractivity contribution in [3.05, 3.63) is 30.1 Å². The SMILES string of the molecule is CC(C)COCCS(=O)c1ccc(F)cc1. The molecule has 1 atom stereocenters. The van der Waals surface area contributed by atoms with Crippen molar-refractivity contribution in [3.8, 4) is 0 Å². The molecule has 0 fully saturated rings. The Morgan fingerprint density at radius 2 is 1.94 bits per heavy atom. The second-order valence-corrected chi connectivity index (χ2v) is 5.54. The lowest BCUT2D eigenvalue weighted by Crippen LogP contribution is -2.09. The third kappa shape index (κ3) is 4.86. The minimum absolute atomic E-state index is 0.309. The van der Waals surface area contributed by atoms with Gasteiger partial charge in [-0.1, -0.05) is 13.8 Å².